The normalized spacial score (nSPS) is 38.1. The number of rotatable bonds is 0. The molecule has 2 heteroatoms. The van der Waals surface area contributed by atoms with E-state index in [1.807, 2.05) is 0 Å². The molecular weight excluding hydrogens is 168 g/mol. The van der Waals surface area contributed by atoms with Gasteiger partial charge in [0.2, 0.25) is 0 Å². The van der Waals surface area contributed by atoms with E-state index < -0.39 is 9.52 Å². The van der Waals surface area contributed by atoms with Crippen LogP contribution in [-0.2, 0) is 9.52 Å². The Labute approximate surface area is 76.6 Å². The molecule has 72 valence electrons. The summed E-state index contributed by atoms with van der Waals surface area (Å²) in [5.74, 6) is 6.20. The summed E-state index contributed by atoms with van der Waals surface area (Å²) in [4.78, 5) is 0. The standard InChI is InChI=1S/C10H20OS/c1-10(2,3)9-5-7-12(4,11)8-6-9/h9H,4-8H2,1-3H3. The molecule has 0 saturated carbocycles. The smallest absolute Gasteiger partial charge is 0.0161 e. The Morgan fingerprint density at radius 2 is 1.67 bits per heavy atom. The quantitative estimate of drug-likeness (QED) is 0.532. The SMILES string of the molecule is C=S1(=O)CCC(C(C)(C)C)CC1. The van der Waals surface area contributed by atoms with Crippen molar-refractivity contribution in [2.45, 2.75) is 33.6 Å². The minimum Gasteiger partial charge on any atom is -0.268 e. The van der Waals surface area contributed by atoms with E-state index in [1.54, 1.807) is 0 Å². The van der Waals surface area contributed by atoms with Crippen LogP contribution in [0.1, 0.15) is 33.6 Å². The van der Waals surface area contributed by atoms with Crippen molar-refractivity contribution in [2.24, 2.45) is 11.3 Å². The fourth-order valence-corrected chi connectivity index (χ4v) is 3.46. The van der Waals surface area contributed by atoms with E-state index in [-0.39, 0.29) is 0 Å². The molecule has 0 unspecified atom stereocenters. The van der Waals surface area contributed by atoms with Crippen LogP contribution in [0, 0.1) is 11.3 Å². The van der Waals surface area contributed by atoms with Crippen molar-refractivity contribution in [2.75, 3.05) is 11.5 Å². The first-order valence-electron chi connectivity index (χ1n) is 4.64. The van der Waals surface area contributed by atoms with E-state index in [1.165, 1.54) is 0 Å². The Balaban J connectivity index is 2.58. The lowest BCUT2D eigenvalue weighted by Crippen LogP contribution is -2.31. The number of hydrogen-bond acceptors (Lipinski definition) is 1. The number of hydrogen-bond donors (Lipinski definition) is 0. The predicted octanol–water partition coefficient (Wildman–Crippen LogP) is 2.16. The minimum atomic E-state index is -1.68. The molecule has 1 nitrogen and oxygen atoms in total. The lowest BCUT2D eigenvalue weighted by Gasteiger charge is -2.34. The first kappa shape index (κ1) is 10.1. The van der Waals surface area contributed by atoms with Gasteiger partial charge in [0.25, 0.3) is 0 Å². The van der Waals surface area contributed by atoms with Crippen LogP contribution < -0.4 is 0 Å². The van der Waals surface area contributed by atoms with Crippen molar-refractivity contribution in [1.82, 2.24) is 0 Å². The summed E-state index contributed by atoms with van der Waals surface area (Å²) in [6, 6.07) is 0. The van der Waals surface area contributed by atoms with Gasteiger partial charge in [-0.3, -0.25) is 4.21 Å². The zero-order valence-electron chi connectivity index (χ0n) is 8.43. The molecule has 1 aliphatic rings. The molecule has 1 aliphatic heterocycles. The summed E-state index contributed by atoms with van der Waals surface area (Å²) < 4.78 is 11.6. The Hall–Kier alpha value is 0.0200. The van der Waals surface area contributed by atoms with Gasteiger partial charge in [-0.05, 0) is 39.6 Å². The van der Waals surface area contributed by atoms with Crippen LogP contribution in [0.4, 0.5) is 0 Å². The molecular formula is C10H20OS. The summed E-state index contributed by atoms with van der Waals surface area (Å²) in [6.07, 6.45) is 2.21. The molecule has 0 aromatic carbocycles. The molecule has 0 radical (unpaired) electrons. The lowest BCUT2D eigenvalue weighted by atomic mass is 9.77. The highest BCUT2D eigenvalue weighted by Crippen LogP contribution is 2.34. The second-order valence-electron chi connectivity index (χ2n) is 5.01. The van der Waals surface area contributed by atoms with Crippen molar-refractivity contribution >= 4 is 15.4 Å². The highest BCUT2D eigenvalue weighted by atomic mass is 32.2. The van der Waals surface area contributed by atoms with Crippen LogP contribution >= 0.6 is 0 Å². The van der Waals surface area contributed by atoms with E-state index in [4.69, 9.17) is 0 Å². The van der Waals surface area contributed by atoms with Gasteiger partial charge < -0.3 is 0 Å². The Kier molecular flexibility index (Phi) is 2.57. The second-order valence-corrected chi connectivity index (χ2v) is 7.76. The van der Waals surface area contributed by atoms with Crippen LogP contribution in [-0.4, -0.2) is 21.6 Å². The van der Waals surface area contributed by atoms with Crippen LogP contribution in [0.2, 0.25) is 0 Å². The zero-order chi connectivity index (χ0) is 9.41. The van der Waals surface area contributed by atoms with Gasteiger partial charge in [-0.1, -0.05) is 20.8 Å². The fraction of sp³-hybridized carbons (Fsp3) is 0.900. The van der Waals surface area contributed by atoms with E-state index in [2.05, 4.69) is 26.6 Å². The summed E-state index contributed by atoms with van der Waals surface area (Å²) in [5, 5.41) is 0. The molecule has 0 N–H and O–H groups in total. The Bertz CT molecular complexity index is 230. The van der Waals surface area contributed by atoms with Gasteiger partial charge in [0.05, 0.1) is 0 Å². The average Bonchev–Trinajstić information content (AvgIpc) is 1.83. The molecule has 0 atom stereocenters. The van der Waals surface area contributed by atoms with Crippen LogP contribution in [0.25, 0.3) is 0 Å². The lowest BCUT2D eigenvalue weighted by molar-refractivity contribution is 0.223. The molecule has 0 spiro atoms. The topological polar surface area (TPSA) is 17.1 Å². The molecule has 1 saturated heterocycles. The largest absolute Gasteiger partial charge is 0.268 e. The van der Waals surface area contributed by atoms with Gasteiger partial charge >= 0.3 is 0 Å². The van der Waals surface area contributed by atoms with Gasteiger partial charge in [0, 0.05) is 11.5 Å². The fourth-order valence-electron chi connectivity index (χ4n) is 1.83. The van der Waals surface area contributed by atoms with Gasteiger partial charge in [-0.15, -0.1) is 0 Å². The third-order valence-corrected chi connectivity index (χ3v) is 4.86. The molecule has 1 heterocycles. The van der Waals surface area contributed by atoms with E-state index in [0.717, 1.165) is 30.3 Å². The maximum Gasteiger partial charge on any atom is 0.0161 e. The van der Waals surface area contributed by atoms with Gasteiger partial charge in [0.15, 0.2) is 0 Å². The summed E-state index contributed by atoms with van der Waals surface area (Å²) in [6.45, 7) is 6.82. The second kappa shape index (κ2) is 3.06. The maximum absolute atomic E-state index is 11.6. The van der Waals surface area contributed by atoms with E-state index in [0.29, 0.717) is 5.41 Å². The third-order valence-electron chi connectivity index (χ3n) is 2.90. The van der Waals surface area contributed by atoms with E-state index in [9.17, 15) is 4.21 Å². The van der Waals surface area contributed by atoms with Crippen molar-refractivity contribution in [1.29, 1.82) is 0 Å². The first-order valence-corrected chi connectivity index (χ1v) is 6.70. The van der Waals surface area contributed by atoms with Crippen molar-refractivity contribution in [3.05, 3.63) is 0 Å². The molecule has 0 bridgehead atoms. The third kappa shape index (κ3) is 2.51. The van der Waals surface area contributed by atoms with Crippen molar-refractivity contribution in [3.63, 3.8) is 0 Å². The van der Waals surface area contributed by atoms with Crippen LogP contribution in [0.3, 0.4) is 0 Å². The molecule has 12 heavy (non-hydrogen) atoms. The van der Waals surface area contributed by atoms with Gasteiger partial charge in [-0.2, -0.15) is 0 Å². The maximum atomic E-state index is 11.6. The zero-order valence-corrected chi connectivity index (χ0v) is 9.25. The molecule has 0 amide bonds. The predicted molar refractivity (Wildman–Crippen MR) is 57.2 cm³/mol. The van der Waals surface area contributed by atoms with Crippen molar-refractivity contribution in [3.8, 4) is 0 Å². The summed E-state index contributed by atoms with van der Waals surface area (Å²) >= 11 is 0. The highest BCUT2D eigenvalue weighted by Gasteiger charge is 2.28. The average molecular weight is 188 g/mol. The Morgan fingerprint density at radius 3 is 2.00 bits per heavy atom. The van der Waals surface area contributed by atoms with Gasteiger partial charge in [0.1, 0.15) is 0 Å². The van der Waals surface area contributed by atoms with E-state index >= 15 is 0 Å². The summed E-state index contributed by atoms with van der Waals surface area (Å²) in [7, 11) is -1.68. The Morgan fingerprint density at radius 1 is 1.25 bits per heavy atom. The summed E-state index contributed by atoms with van der Waals surface area (Å²) in [5.41, 5.74) is 0.385. The molecule has 0 aliphatic carbocycles. The monoisotopic (exact) mass is 188 g/mol. The molecule has 0 aromatic rings. The van der Waals surface area contributed by atoms with Crippen molar-refractivity contribution < 1.29 is 4.21 Å². The van der Waals surface area contributed by atoms with Gasteiger partial charge in [-0.25, -0.2) is 0 Å². The molecule has 1 fully saturated rings. The molecule has 1 rings (SSSR count). The molecule has 0 aromatic heterocycles. The minimum absolute atomic E-state index is 0.385. The van der Waals surface area contributed by atoms with Crippen LogP contribution in [0.5, 0.6) is 0 Å². The first-order chi connectivity index (χ1) is 5.31. The highest BCUT2D eigenvalue weighted by molar-refractivity contribution is 8.00. The van der Waals surface area contributed by atoms with Crippen LogP contribution in [0.15, 0.2) is 0 Å².